The minimum Gasteiger partial charge on any atom is -0.497 e. The molecule has 0 bridgehead atoms. The average molecular weight is 705 g/mol. The lowest BCUT2D eigenvalue weighted by molar-refractivity contribution is 0.401. The fraction of sp³-hybridized carbons (Fsp3) is 0.0800. The maximum Gasteiger partial charge on any atom is 0.133 e. The largest absolute Gasteiger partial charge is 0.497 e. The maximum absolute atomic E-state index is 5.94. The van der Waals surface area contributed by atoms with Gasteiger partial charge in [-0.1, -0.05) is 121 Å². The van der Waals surface area contributed by atoms with Gasteiger partial charge in [-0.05, 0) is 119 Å². The molecule has 0 aliphatic carbocycles. The van der Waals surface area contributed by atoms with Crippen molar-refractivity contribution in [1.29, 1.82) is 0 Å². The Morgan fingerprint density at radius 2 is 0.852 bits per heavy atom. The van der Waals surface area contributed by atoms with E-state index in [1.165, 1.54) is 33.4 Å². The van der Waals surface area contributed by atoms with E-state index in [1.54, 1.807) is 14.2 Å². The monoisotopic (exact) mass is 704 g/mol. The SMILES string of the molecule is COc1cc(/C=C/c2ccc(Nc3cccc(-c4ccccc4C)c3)cc2)c(OC)c(/C=C/c2ccc(Nc3cccc(-c4ccccc4C)c3)cc2)c1. The zero-order valence-corrected chi connectivity index (χ0v) is 31.1. The van der Waals surface area contributed by atoms with E-state index in [0.717, 1.165) is 56.5 Å². The van der Waals surface area contributed by atoms with Crippen molar-refractivity contribution in [2.24, 2.45) is 0 Å². The van der Waals surface area contributed by atoms with Crippen molar-refractivity contribution in [1.82, 2.24) is 0 Å². The number of hydrogen-bond donors (Lipinski definition) is 2. The molecule has 0 saturated heterocycles. The van der Waals surface area contributed by atoms with Gasteiger partial charge in [-0.15, -0.1) is 0 Å². The van der Waals surface area contributed by atoms with Crippen molar-refractivity contribution < 1.29 is 9.47 Å². The molecule has 0 unspecified atom stereocenters. The van der Waals surface area contributed by atoms with Gasteiger partial charge in [-0.25, -0.2) is 0 Å². The molecular formula is C50H44N2O2. The number of benzene rings is 7. The van der Waals surface area contributed by atoms with Crippen LogP contribution in [0, 0.1) is 13.8 Å². The summed E-state index contributed by atoms with van der Waals surface area (Å²) in [6.07, 6.45) is 8.33. The summed E-state index contributed by atoms with van der Waals surface area (Å²) in [5.74, 6) is 1.54. The van der Waals surface area contributed by atoms with Crippen LogP contribution in [0.1, 0.15) is 33.4 Å². The lowest BCUT2D eigenvalue weighted by Gasteiger charge is -2.12. The predicted molar refractivity (Wildman–Crippen MR) is 230 cm³/mol. The second-order valence-corrected chi connectivity index (χ2v) is 13.3. The van der Waals surface area contributed by atoms with Crippen LogP contribution in [-0.4, -0.2) is 14.2 Å². The highest BCUT2D eigenvalue weighted by atomic mass is 16.5. The van der Waals surface area contributed by atoms with E-state index >= 15 is 0 Å². The number of methoxy groups -OCH3 is 2. The minimum atomic E-state index is 0.759. The molecule has 0 heterocycles. The fourth-order valence-electron chi connectivity index (χ4n) is 6.63. The van der Waals surface area contributed by atoms with Gasteiger partial charge in [0.05, 0.1) is 14.2 Å². The molecule has 0 atom stereocenters. The molecule has 0 saturated carbocycles. The normalized spacial score (nSPS) is 11.2. The molecule has 7 rings (SSSR count). The molecule has 0 aromatic heterocycles. The van der Waals surface area contributed by atoms with Gasteiger partial charge in [0.15, 0.2) is 0 Å². The molecule has 0 spiro atoms. The smallest absolute Gasteiger partial charge is 0.133 e. The van der Waals surface area contributed by atoms with Crippen molar-refractivity contribution in [3.8, 4) is 33.8 Å². The molecular weight excluding hydrogens is 661 g/mol. The third-order valence-electron chi connectivity index (χ3n) is 9.51. The number of hydrogen-bond acceptors (Lipinski definition) is 4. The van der Waals surface area contributed by atoms with E-state index in [-0.39, 0.29) is 0 Å². The van der Waals surface area contributed by atoms with Crippen LogP contribution in [0.3, 0.4) is 0 Å². The van der Waals surface area contributed by atoms with Gasteiger partial charge in [-0.3, -0.25) is 0 Å². The molecule has 0 fully saturated rings. The molecule has 0 aliphatic heterocycles. The molecule has 4 nitrogen and oxygen atoms in total. The fourth-order valence-corrected chi connectivity index (χ4v) is 6.63. The van der Waals surface area contributed by atoms with Gasteiger partial charge in [0, 0.05) is 33.9 Å². The Hall–Kier alpha value is -6.78. The summed E-state index contributed by atoms with van der Waals surface area (Å²) in [6.45, 7) is 4.29. The summed E-state index contributed by atoms with van der Waals surface area (Å²) in [6, 6.07) is 54.8. The first-order valence-electron chi connectivity index (χ1n) is 18.1. The third-order valence-corrected chi connectivity index (χ3v) is 9.51. The molecule has 0 amide bonds. The Morgan fingerprint density at radius 1 is 0.407 bits per heavy atom. The van der Waals surface area contributed by atoms with Gasteiger partial charge in [0.1, 0.15) is 11.5 Å². The van der Waals surface area contributed by atoms with Crippen LogP contribution in [0.5, 0.6) is 11.5 Å². The quantitative estimate of drug-likeness (QED) is 0.124. The standard InChI is InChI=1S/C50H44N2O2/c1-35-11-5-7-17-48(35)39-13-9-15-45(31-39)51-43-27-21-37(22-28-43)19-25-41-33-47(53-3)34-42(50(41)54-4)26-20-38-23-29-44(30-24-38)52-46-16-10-14-40(32-46)49-18-8-6-12-36(49)2/h5-34,51-52H,1-4H3/b25-19+,26-20+. The Morgan fingerprint density at radius 3 is 1.26 bits per heavy atom. The number of aryl methyl sites for hydroxylation is 2. The molecule has 0 aliphatic rings. The van der Waals surface area contributed by atoms with Crippen LogP contribution in [-0.2, 0) is 0 Å². The van der Waals surface area contributed by atoms with Crippen molar-refractivity contribution in [3.05, 3.63) is 191 Å². The maximum atomic E-state index is 5.94. The van der Waals surface area contributed by atoms with Crippen LogP contribution in [0.4, 0.5) is 22.7 Å². The van der Waals surface area contributed by atoms with Gasteiger partial charge in [0.25, 0.3) is 0 Å². The van der Waals surface area contributed by atoms with Crippen molar-refractivity contribution >= 4 is 47.1 Å². The number of anilines is 4. The first kappa shape index (κ1) is 35.6. The molecule has 4 heteroatoms. The minimum absolute atomic E-state index is 0.759. The van der Waals surface area contributed by atoms with E-state index < -0.39 is 0 Å². The lowest BCUT2D eigenvalue weighted by atomic mass is 10.0. The van der Waals surface area contributed by atoms with E-state index in [2.05, 4.69) is 194 Å². The third kappa shape index (κ3) is 8.63. The molecule has 0 radical (unpaired) electrons. The number of nitrogens with one attached hydrogen (secondary N) is 2. The second-order valence-electron chi connectivity index (χ2n) is 13.3. The van der Waals surface area contributed by atoms with Crippen LogP contribution >= 0.6 is 0 Å². The van der Waals surface area contributed by atoms with Crippen molar-refractivity contribution in [2.75, 3.05) is 24.9 Å². The first-order valence-corrected chi connectivity index (χ1v) is 18.1. The Kier molecular flexibility index (Phi) is 11.0. The summed E-state index contributed by atoms with van der Waals surface area (Å²) < 4.78 is 11.6. The highest BCUT2D eigenvalue weighted by Gasteiger charge is 2.10. The topological polar surface area (TPSA) is 42.5 Å². The lowest BCUT2D eigenvalue weighted by Crippen LogP contribution is -1.94. The second kappa shape index (κ2) is 16.7. The van der Waals surface area contributed by atoms with Crippen molar-refractivity contribution in [2.45, 2.75) is 13.8 Å². The molecule has 7 aromatic rings. The summed E-state index contributed by atoms with van der Waals surface area (Å²) in [7, 11) is 3.40. The summed E-state index contributed by atoms with van der Waals surface area (Å²) in [4.78, 5) is 0. The first-order chi connectivity index (χ1) is 26.4. The van der Waals surface area contributed by atoms with E-state index in [4.69, 9.17) is 9.47 Å². The molecule has 2 N–H and O–H groups in total. The van der Waals surface area contributed by atoms with Crippen LogP contribution < -0.4 is 20.1 Å². The van der Waals surface area contributed by atoms with Gasteiger partial charge >= 0.3 is 0 Å². The Bertz CT molecular complexity index is 2260. The van der Waals surface area contributed by atoms with Crippen LogP contribution in [0.2, 0.25) is 0 Å². The number of ether oxygens (including phenoxy) is 2. The zero-order valence-electron chi connectivity index (χ0n) is 31.1. The van der Waals surface area contributed by atoms with Crippen LogP contribution in [0.25, 0.3) is 46.6 Å². The molecule has 266 valence electrons. The molecule has 54 heavy (non-hydrogen) atoms. The van der Waals surface area contributed by atoms with Gasteiger partial charge in [-0.2, -0.15) is 0 Å². The predicted octanol–water partition coefficient (Wildman–Crippen LogP) is 13.5. The van der Waals surface area contributed by atoms with Gasteiger partial charge < -0.3 is 20.1 Å². The summed E-state index contributed by atoms with van der Waals surface area (Å²) >= 11 is 0. The van der Waals surface area contributed by atoms with Crippen LogP contribution in [0.15, 0.2) is 158 Å². The van der Waals surface area contributed by atoms with E-state index in [1.807, 2.05) is 12.1 Å². The Balaban J connectivity index is 1.03. The molecule has 7 aromatic carbocycles. The number of rotatable bonds is 12. The highest BCUT2D eigenvalue weighted by Crippen LogP contribution is 2.34. The van der Waals surface area contributed by atoms with Crippen molar-refractivity contribution in [3.63, 3.8) is 0 Å². The summed E-state index contributed by atoms with van der Waals surface area (Å²) in [5, 5.41) is 7.11. The highest BCUT2D eigenvalue weighted by molar-refractivity contribution is 5.82. The van der Waals surface area contributed by atoms with E-state index in [9.17, 15) is 0 Å². The Labute approximate surface area is 319 Å². The average Bonchev–Trinajstić information content (AvgIpc) is 3.20. The van der Waals surface area contributed by atoms with E-state index in [0.29, 0.717) is 0 Å². The zero-order chi connectivity index (χ0) is 37.3. The summed E-state index contributed by atoms with van der Waals surface area (Å²) in [5.41, 5.74) is 15.6. The van der Waals surface area contributed by atoms with Gasteiger partial charge in [0.2, 0.25) is 0 Å².